The Kier molecular flexibility index (Phi) is 4.44. The number of hydrogen-bond acceptors (Lipinski definition) is 4. The first-order chi connectivity index (χ1) is 9.88. The molecule has 0 aliphatic heterocycles. The lowest BCUT2D eigenvalue weighted by atomic mass is 10.2. The van der Waals surface area contributed by atoms with Crippen molar-refractivity contribution in [1.82, 2.24) is 0 Å². The maximum Gasteiger partial charge on any atom is 0.336 e. The zero-order valence-corrected chi connectivity index (χ0v) is 12.6. The van der Waals surface area contributed by atoms with Crippen LogP contribution in [0.2, 0.25) is 5.02 Å². The maximum atomic E-state index is 10.9. The number of carbonyl (C=O) groups is 1. The molecule has 0 radical (unpaired) electrons. The van der Waals surface area contributed by atoms with Crippen molar-refractivity contribution in [1.29, 1.82) is 0 Å². The van der Waals surface area contributed by atoms with Crippen LogP contribution in [-0.2, 0) is 0 Å². The number of aromatic carboxylic acids is 1. The van der Waals surface area contributed by atoms with E-state index in [1.807, 2.05) is 0 Å². The van der Waals surface area contributed by atoms with Gasteiger partial charge >= 0.3 is 5.97 Å². The second-order valence-corrected chi connectivity index (χ2v) is 5.18. The van der Waals surface area contributed by atoms with Crippen LogP contribution in [0.3, 0.4) is 0 Å². The van der Waals surface area contributed by atoms with Crippen LogP contribution in [-0.4, -0.2) is 16.0 Å². The highest BCUT2D eigenvalue weighted by molar-refractivity contribution is 9.10. The SMILES string of the molecule is O=C(O)c1ccc(Oc2ccc([N+](=O)[O-])c(Cl)c2)cc1Br. The fourth-order valence-electron chi connectivity index (χ4n) is 1.57. The van der Waals surface area contributed by atoms with Crippen LogP contribution in [0.15, 0.2) is 40.9 Å². The van der Waals surface area contributed by atoms with Gasteiger partial charge in [-0.25, -0.2) is 4.79 Å². The summed E-state index contributed by atoms with van der Waals surface area (Å²) in [5, 5.41) is 19.5. The number of carboxylic acids is 1. The molecule has 0 unspecified atom stereocenters. The number of nitro benzene ring substituents is 1. The van der Waals surface area contributed by atoms with E-state index in [2.05, 4.69) is 15.9 Å². The average Bonchev–Trinajstić information content (AvgIpc) is 2.37. The van der Waals surface area contributed by atoms with E-state index in [-0.39, 0.29) is 16.3 Å². The van der Waals surface area contributed by atoms with Crippen molar-refractivity contribution in [3.05, 3.63) is 61.6 Å². The molecule has 0 bridgehead atoms. The van der Waals surface area contributed by atoms with Crippen LogP contribution in [0.5, 0.6) is 11.5 Å². The van der Waals surface area contributed by atoms with E-state index >= 15 is 0 Å². The van der Waals surface area contributed by atoms with Gasteiger partial charge in [-0.3, -0.25) is 10.1 Å². The van der Waals surface area contributed by atoms with Crippen molar-refractivity contribution in [2.45, 2.75) is 0 Å². The quantitative estimate of drug-likeness (QED) is 0.630. The molecule has 8 heteroatoms. The molecule has 6 nitrogen and oxygen atoms in total. The normalized spacial score (nSPS) is 10.2. The maximum absolute atomic E-state index is 10.9. The van der Waals surface area contributed by atoms with Gasteiger partial charge in [0.05, 0.1) is 10.5 Å². The van der Waals surface area contributed by atoms with E-state index in [9.17, 15) is 14.9 Å². The number of halogens is 2. The molecule has 0 spiro atoms. The minimum Gasteiger partial charge on any atom is -0.478 e. The number of benzene rings is 2. The minimum absolute atomic E-state index is 0.0429. The van der Waals surface area contributed by atoms with Gasteiger partial charge in [0.2, 0.25) is 0 Å². The van der Waals surface area contributed by atoms with Crippen LogP contribution >= 0.6 is 27.5 Å². The Morgan fingerprint density at radius 3 is 2.38 bits per heavy atom. The first-order valence-electron chi connectivity index (χ1n) is 5.53. The Morgan fingerprint density at radius 1 is 1.24 bits per heavy atom. The second kappa shape index (κ2) is 6.11. The van der Waals surface area contributed by atoms with Gasteiger partial charge in [-0.05, 0) is 40.2 Å². The van der Waals surface area contributed by atoms with Gasteiger partial charge in [0.25, 0.3) is 5.69 Å². The van der Waals surface area contributed by atoms with Crippen LogP contribution in [0.25, 0.3) is 0 Å². The molecule has 0 aromatic heterocycles. The topological polar surface area (TPSA) is 89.7 Å². The fourth-order valence-corrected chi connectivity index (χ4v) is 2.33. The number of nitro groups is 1. The Hall–Kier alpha value is -2.12. The summed E-state index contributed by atoms with van der Waals surface area (Å²) in [5.41, 5.74) is -0.115. The van der Waals surface area contributed by atoms with E-state index < -0.39 is 10.9 Å². The number of ether oxygens (including phenoxy) is 1. The zero-order chi connectivity index (χ0) is 15.6. The molecular weight excluding hydrogens is 366 g/mol. The molecule has 0 amide bonds. The predicted molar refractivity (Wildman–Crippen MR) is 79.3 cm³/mol. The Balaban J connectivity index is 2.26. The van der Waals surface area contributed by atoms with Crippen molar-refractivity contribution in [3.8, 4) is 11.5 Å². The zero-order valence-electron chi connectivity index (χ0n) is 10.2. The Morgan fingerprint density at radius 2 is 1.86 bits per heavy atom. The van der Waals surface area contributed by atoms with Crippen LogP contribution < -0.4 is 4.74 Å². The van der Waals surface area contributed by atoms with Crippen molar-refractivity contribution < 1.29 is 19.6 Å². The summed E-state index contributed by atoms with van der Waals surface area (Å²) < 4.78 is 5.84. The fraction of sp³-hybridized carbons (Fsp3) is 0. The molecule has 2 rings (SSSR count). The molecule has 1 N–H and O–H groups in total. The molecule has 2 aromatic carbocycles. The number of rotatable bonds is 4. The molecule has 0 heterocycles. The standard InChI is InChI=1S/C13H7BrClNO5/c14-10-5-7(1-3-9(10)13(17)18)21-8-2-4-12(16(19)20)11(15)6-8/h1-6H,(H,17,18). The van der Waals surface area contributed by atoms with Gasteiger partial charge in [0.15, 0.2) is 0 Å². The molecule has 21 heavy (non-hydrogen) atoms. The predicted octanol–water partition coefficient (Wildman–Crippen LogP) is 4.50. The summed E-state index contributed by atoms with van der Waals surface area (Å²) in [6.45, 7) is 0. The third-order valence-electron chi connectivity index (χ3n) is 2.52. The monoisotopic (exact) mass is 371 g/mol. The molecule has 0 saturated heterocycles. The summed E-state index contributed by atoms with van der Waals surface area (Å²) in [6, 6.07) is 8.30. The molecule has 0 aliphatic rings. The average molecular weight is 373 g/mol. The summed E-state index contributed by atoms with van der Waals surface area (Å²) in [4.78, 5) is 20.9. The molecule has 2 aromatic rings. The first-order valence-corrected chi connectivity index (χ1v) is 6.70. The number of nitrogens with zero attached hydrogens (tertiary/aromatic N) is 1. The number of carboxylic acid groups (broad SMARTS) is 1. The van der Waals surface area contributed by atoms with Gasteiger partial charge in [-0.15, -0.1) is 0 Å². The molecular formula is C13H7BrClNO5. The lowest BCUT2D eigenvalue weighted by molar-refractivity contribution is -0.384. The van der Waals surface area contributed by atoms with Crippen molar-refractivity contribution in [2.24, 2.45) is 0 Å². The molecule has 0 aliphatic carbocycles. The third kappa shape index (κ3) is 3.50. The largest absolute Gasteiger partial charge is 0.478 e. The van der Waals surface area contributed by atoms with E-state index in [0.717, 1.165) is 0 Å². The van der Waals surface area contributed by atoms with Crippen molar-refractivity contribution >= 4 is 39.2 Å². The Bertz CT molecular complexity index is 673. The lowest BCUT2D eigenvalue weighted by Gasteiger charge is -2.07. The third-order valence-corrected chi connectivity index (χ3v) is 3.48. The second-order valence-electron chi connectivity index (χ2n) is 3.92. The molecule has 108 valence electrons. The van der Waals surface area contributed by atoms with Crippen molar-refractivity contribution in [3.63, 3.8) is 0 Å². The van der Waals surface area contributed by atoms with Gasteiger partial charge in [-0.2, -0.15) is 0 Å². The van der Waals surface area contributed by atoms with Gasteiger partial charge in [-0.1, -0.05) is 11.6 Å². The highest BCUT2D eigenvalue weighted by Gasteiger charge is 2.14. The van der Waals surface area contributed by atoms with Crippen molar-refractivity contribution in [2.75, 3.05) is 0 Å². The summed E-state index contributed by atoms with van der Waals surface area (Å²) in [5.74, 6) is -0.385. The highest BCUT2D eigenvalue weighted by atomic mass is 79.9. The van der Waals surface area contributed by atoms with Crippen LogP contribution in [0.1, 0.15) is 10.4 Å². The van der Waals surface area contributed by atoms with Crippen LogP contribution in [0, 0.1) is 10.1 Å². The van der Waals surface area contributed by atoms with Crippen LogP contribution in [0.4, 0.5) is 5.69 Å². The Labute approximate surface area is 132 Å². The van der Waals surface area contributed by atoms with E-state index in [1.165, 1.54) is 36.4 Å². The summed E-state index contributed by atoms with van der Waals surface area (Å²) in [6.07, 6.45) is 0. The van der Waals surface area contributed by atoms with E-state index in [0.29, 0.717) is 16.0 Å². The van der Waals surface area contributed by atoms with E-state index in [1.54, 1.807) is 0 Å². The van der Waals surface area contributed by atoms with Gasteiger partial charge in [0, 0.05) is 16.6 Å². The minimum atomic E-state index is -1.06. The number of hydrogen-bond donors (Lipinski definition) is 1. The summed E-state index contributed by atoms with van der Waals surface area (Å²) >= 11 is 8.91. The smallest absolute Gasteiger partial charge is 0.336 e. The van der Waals surface area contributed by atoms with Gasteiger partial charge < -0.3 is 9.84 Å². The lowest BCUT2D eigenvalue weighted by Crippen LogP contribution is -1.97. The summed E-state index contributed by atoms with van der Waals surface area (Å²) in [7, 11) is 0. The highest BCUT2D eigenvalue weighted by Crippen LogP contribution is 2.32. The molecule has 0 atom stereocenters. The van der Waals surface area contributed by atoms with Gasteiger partial charge in [0.1, 0.15) is 16.5 Å². The molecule has 0 fully saturated rings. The first kappa shape index (κ1) is 15.3. The van der Waals surface area contributed by atoms with E-state index in [4.69, 9.17) is 21.4 Å². The molecule has 0 saturated carbocycles.